The topological polar surface area (TPSA) is 96.0 Å². The molecule has 2 rings (SSSR count). The van der Waals surface area contributed by atoms with Crippen LogP contribution in [0.3, 0.4) is 0 Å². The van der Waals surface area contributed by atoms with Gasteiger partial charge >= 0.3 is 0 Å². The van der Waals surface area contributed by atoms with E-state index in [1.54, 1.807) is 13.0 Å². The number of aryl methyl sites for hydroxylation is 1. The Kier molecular flexibility index (Phi) is 4.07. The number of nitrogens with zero attached hydrogens (tertiary/aromatic N) is 1. The molecule has 0 aliphatic rings. The maximum absolute atomic E-state index is 12.4. The Morgan fingerprint density at radius 3 is 2.57 bits per heavy atom. The van der Waals surface area contributed by atoms with Crippen molar-refractivity contribution in [3.8, 4) is 6.07 Å². The van der Waals surface area contributed by atoms with E-state index in [2.05, 4.69) is 4.72 Å². The van der Waals surface area contributed by atoms with Gasteiger partial charge in [0.25, 0.3) is 10.0 Å². The van der Waals surface area contributed by atoms with Crippen molar-refractivity contribution >= 4 is 33.0 Å². The first-order valence-electron chi connectivity index (χ1n) is 5.92. The number of nitrogen functional groups attached to an aromatic ring is 1. The Morgan fingerprint density at radius 1 is 1.24 bits per heavy atom. The summed E-state index contributed by atoms with van der Waals surface area (Å²) in [6.45, 7) is 1.62. The first-order chi connectivity index (χ1) is 9.83. The quantitative estimate of drug-likeness (QED) is 0.849. The molecule has 108 valence electrons. The molecule has 0 radical (unpaired) electrons. The molecule has 7 heteroatoms. The van der Waals surface area contributed by atoms with Crippen molar-refractivity contribution in [3.63, 3.8) is 0 Å². The van der Waals surface area contributed by atoms with Crippen LogP contribution in [0.1, 0.15) is 11.1 Å². The number of nitrogens with one attached hydrogen (secondary N) is 1. The molecule has 0 aromatic heterocycles. The molecule has 0 bridgehead atoms. The highest BCUT2D eigenvalue weighted by Crippen LogP contribution is 2.26. The van der Waals surface area contributed by atoms with Gasteiger partial charge in [0.05, 0.1) is 27.9 Å². The number of halogens is 1. The molecule has 0 atom stereocenters. The van der Waals surface area contributed by atoms with E-state index in [-0.39, 0.29) is 16.3 Å². The van der Waals surface area contributed by atoms with E-state index in [0.717, 1.165) is 0 Å². The molecule has 21 heavy (non-hydrogen) atoms. The van der Waals surface area contributed by atoms with E-state index in [4.69, 9.17) is 22.6 Å². The Hall–Kier alpha value is -2.23. The maximum Gasteiger partial charge on any atom is 0.262 e. The number of hydrogen-bond donors (Lipinski definition) is 2. The van der Waals surface area contributed by atoms with Gasteiger partial charge in [-0.25, -0.2) is 8.42 Å². The summed E-state index contributed by atoms with van der Waals surface area (Å²) >= 11 is 5.84. The van der Waals surface area contributed by atoms with Crippen LogP contribution in [0.15, 0.2) is 41.3 Å². The summed E-state index contributed by atoms with van der Waals surface area (Å²) < 4.78 is 27.2. The van der Waals surface area contributed by atoms with Gasteiger partial charge in [-0.2, -0.15) is 5.26 Å². The molecule has 0 spiro atoms. The summed E-state index contributed by atoms with van der Waals surface area (Å²) in [6.07, 6.45) is 0. The van der Waals surface area contributed by atoms with Crippen molar-refractivity contribution in [2.75, 3.05) is 10.5 Å². The summed E-state index contributed by atoms with van der Waals surface area (Å²) in [5.41, 5.74) is 7.09. The second-order valence-corrected chi connectivity index (χ2v) is 6.52. The van der Waals surface area contributed by atoms with Crippen molar-refractivity contribution in [2.24, 2.45) is 0 Å². The summed E-state index contributed by atoms with van der Waals surface area (Å²) in [6, 6.07) is 10.8. The fourth-order valence-electron chi connectivity index (χ4n) is 1.84. The molecule has 0 fully saturated rings. The number of sulfonamides is 1. The monoisotopic (exact) mass is 321 g/mol. The Labute approximate surface area is 128 Å². The number of hydrogen-bond acceptors (Lipinski definition) is 4. The van der Waals surface area contributed by atoms with Gasteiger partial charge in [-0.05, 0) is 48.9 Å². The molecule has 3 N–H and O–H groups in total. The fraction of sp³-hybridized carbons (Fsp3) is 0.0714. The van der Waals surface area contributed by atoms with E-state index in [0.29, 0.717) is 16.1 Å². The summed E-state index contributed by atoms with van der Waals surface area (Å²) in [7, 11) is -3.81. The first kappa shape index (κ1) is 15.2. The standard InChI is InChI=1S/C14H12ClN3O2S/c1-9-6-10(8-16)2-5-14(9)21(19,20)18-13-7-11(15)3-4-12(13)17/h2-7,18H,17H2,1H3. The van der Waals surface area contributed by atoms with Crippen LogP contribution in [0.2, 0.25) is 5.02 Å². The Morgan fingerprint density at radius 2 is 1.95 bits per heavy atom. The molecule has 5 nitrogen and oxygen atoms in total. The van der Waals surface area contributed by atoms with Gasteiger partial charge in [-0.1, -0.05) is 11.6 Å². The lowest BCUT2D eigenvalue weighted by molar-refractivity contribution is 0.600. The first-order valence-corrected chi connectivity index (χ1v) is 7.78. The molecule has 0 amide bonds. The average molecular weight is 322 g/mol. The highest BCUT2D eigenvalue weighted by Gasteiger charge is 2.18. The number of benzene rings is 2. The van der Waals surface area contributed by atoms with Crippen LogP contribution in [-0.2, 0) is 10.0 Å². The molecule has 0 saturated heterocycles. The van der Waals surface area contributed by atoms with Crippen LogP contribution in [-0.4, -0.2) is 8.42 Å². The average Bonchev–Trinajstić information content (AvgIpc) is 2.42. The minimum absolute atomic E-state index is 0.0841. The van der Waals surface area contributed by atoms with Crippen molar-refractivity contribution in [1.29, 1.82) is 5.26 Å². The molecule has 0 aliphatic carbocycles. The Bertz CT molecular complexity index is 842. The molecule has 0 unspecified atom stereocenters. The van der Waals surface area contributed by atoms with Crippen LogP contribution in [0.5, 0.6) is 0 Å². The second kappa shape index (κ2) is 5.64. The lowest BCUT2D eigenvalue weighted by atomic mass is 10.2. The van der Waals surface area contributed by atoms with Crippen molar-refractivity contribution < 1.29 is 8.42 Å². The van der Waals surface area contributed by atoms with E-state index < -0.39 is 10.0 Å². The number of nitrogens with two attached hydrogens (primary N) is 1. The van der Waals surface area contributed by atoms with Crippen LogP contribution in [0.4, 0.5) is 11.4 Å². The summed E-state index contributed by atoms with van der Waals surface area (Å²) in [5.74, 6) is 0. The number of anilines is 2. The smallest absolute Gasteiger partial charge is 0.262 e. The summed E-state index contributed by atoms with van der Waals surface area (Å²) in [5, 5.41) is 9.19. The van der Waals surface area contributed by atoms with Gasteiger partial charge in [-0.15, -0.1) is 0 Å². The zero-order chi connectivity index (χ0) is 15.6. The van der Waals surface area contributed by atoms with E-state index in [1.807, 2.05) is 6.07 Å². The third kappa shape index (κ3) is 3.27. The highest BCUT2D eigenvalue weighted by atomic mass is 35.5. The van der Waals surface area contributed by atoms with Gasteiger partial charge in [0.1, 0.15) is 0 Å². The SMILES string of the molecule is Cc1cc(C#N)ccc1S(=O)(=O)Nc1cc(Cl)ccc1N. The van der Waals surface area contributed by atoms with Gasteiger partial charge in [0.15, 0.2) is 0 Å². The number of rotatable bonds is 3. The summed E-state index contributed by atoms with van der Waals surface area (Å²) in [4.78, 5) is 0.0841. The van der Waals surface area contributed by atoms with Gasteiger partial charge < -0.3 is 5.73 Å². The van der Waals surface area contributed by atoms with Gasteiger partial charge in [0.2, 0.25) is 0 Å². The third-order valence-electron chi connectivity index (χ3n) is 2.85. The molecule has 2 aromatic carbocycles. The predicted molar refractivity (Wildman–Crippen MR) is 82.6 cm³/mol. The highest BCUT2D eigenvalue weighted by molar-refractivity contribution is 7.92. The van der Waals surface area contributed by atoms with Gasteiger partial charge in [-0.3, -0.25) is 4.72 Å². The minimum atomic E-state index is -3.81. The largest absolute Gasteiger partial charge is 0.397 e. The van der Waals surface area contributed by atoms with Gasteiger partial charge in [0, 0.05) is 5.02 Å². The minimum Gasteiger partial charge on any atom is -0.397 e. The van der Waals surface area contributed by atoms with Crippen molar-refractivity contribution in [1.82, 2.24) is 0 Å². The van der Waals surface area contributed by atoms with E-state index in [1.165, 1.54) is 30.3 Å². The lowest BCUT2D eigenvalue weighted by Crippen LogP contribution is -2.15. The maximum atomic E-state index is 12.4. The lowest BCUT2D eigenvalue weighted by Gasteiger charge is -2.12. The molecule has 0 aliphatic heterocycles. The van der Waals surface area contributed by atoms with E-state index in [9.17, 15) is 8.42 Å². The zero-order valence-corrected chi connectivity index (χ0v) is 12.7. The fourth-order valence-corrected chi connectivity index (χ4v) is 3.32. The normalized spacial score (nSPS) is 10.9. The van der Waals surface area contributed by atoms with Crippen LogP contribution >= 0.6 is 11.6 Å². The second-order valence-electron chi connectivity index (χ2n) is 4.43. The molecular weight excluding hydrogens is 310 g/mol. The molecule has 0 saturated carbocycles. The number of nitriles is 1. The van der Waals surface area contributed by atoms with Crippen LogP contribution in [0.25, 0.3) is 0 Å². The van der Waals surface area contributed by atoms with Crippen molar-refractivity contribution in [2.45, 2.75) is 11.8 Å². The zero-order valence-electron chi connectivity index (χ0n) is 11.1. The predicted octanol–water partition coefficient (Wildman–Crippen LogP) is 2.90. The molecule has 2 aromatic rings. The Balaban J connectivity index is 2.44. The van der Waals surface area contributed by atoms with Crippen molar-refractivity contribution in [3.05, 3.63) is 52.5 Å². The third-order valence-corrected chi connectivity index (χ3v) is 4.61. The van der Waals surface area contributed by atoms with E-state index >= 15 is 0 Å². The molecular formula is C14H12ClN3O2S. The molecule has 0 heterocycles. The van der Waals surface area contributed by atoms with Crippen LogP contribution < -0.4 is 10.5 Å². The van der Waals surface area contributed by atoms with Crippen LogP contribution in [0, 0.1) is 18.3 Å².